The van der Waals surface area contributed by atoms with E-state index in [1.165, 1.54) is 35.7 Å². The van der Waals surface area contributed by atoms with E-state index in [1.54, 1.807) is 18.4 Å². The second-order valence-corrected chi connectivity index (χ2v) is 9.32. The average molecular weight is 452 g/mol. The number of nitrogens with zero attached hydrogens (tertiary/aromatic N) is 1. The number of aromatic nitrogens is 1. The summed E-state index contributed by atoms with van der Waals surface area (Å²) in [4.78, 5) is 27.7. The molecular formula is C26H23F2NO2S. The molecule has 0 spiro atoms. The molecule has 0 atom stereocenters. The fourth-order valence-electron chi connectivity index (χ4n) is 3.81. The summed E-state index contributed by atoms with van der Waals surface area (Å²) in [7, 11) is 0. The highest BCUT2D eigenvalue weighted by Gasteiger charge is 2.23. The first-order valence-electron chi connectivity index (χ1n) is 10.4. The lowest BCUT2D eigenvalue weighted by Gasteiger charge is -2.13. The minimum atomic E-state index is -0.666. The first-order valence-corrected chi connectivity index (χ1v) is 11.2. The van der Waals surface area contributed by atoms with Gasteiger partial charge in [-0.2, -0.15) is 0 Å². The van der Waals surface area contributed by atoms with Crippen molar-refractivity contribution in [2.75, 3.05) is 0 Å². The molecule has 4 aromatic rings. The van der Waals surface area contributed by atoms with Gasteiger partial charge in [-0.3, -0.25) is 9.59 Å². The van der Waals surface area contributed by atoms with Gasteiger partial charge in [0.1, 0.15) is 16.5 Å². The van der Waals surface area contributed by atoms with Crippen LogP contribution in [0.3, 0.4) is 0 Å². The number of rotatable bonds is 5. The highest BCUT2D eigenvalue weighted by atomic mass is 32.1. The van der Waals surface area contributed by atoms with Crippen LogP contribution in [0.1, 0.15) is 40.9 Å². The number of aryl methyl sites for hydroxylation is 2. The van der Waals surface area contributed by atoms with Crippen LogP contribution in [0.5, 0.6) is 0 Å². The molecule has 0 N–H and O–H groups in total. The van der Waals surface area contributed by atoms with Gasteiger partial charge < -0.3 is 4.57 Å². The van der Waals surface area contributed by atoms with Crippen molar-refractivity contribution in [3.63, 3.8) is 0 Å². The molecule has 0 radical (unpaired) electrons. The SMILES string of the molecule is Cc1ccc(-c2sc3c(c2C)c(=O)c(C(=O)C(C)C)cn3Cc2c(F)cccc2F)cc1. The highest BCUT2D eigenvalue weighted by Crippen LogP contribution is 2.37. The fourth-order valence-corrected chi connectivity index (χ4v) is 5.10. The van der Waals surface area contributed by atoms with E-state index in [2.05, 4.69) is 0 Å². The predicted octanol–water partition coefficient (Wildman–Crippen LogP) is 6.51. The summed E-state index contributed by atoms with van der Waals surface area (Å²) in [5.74, 6) is -2.00. The lowest BCUT2D eigenvalue weighted by molar-refractivity contribution is 0.0938. The van der Waals surface area contributed by atoms with E-state index >= 15 is 0 Å². The van der Waals surface area contributed by atoms with Crippen molar-refractivity contribution < 1.29 is 13.6 Å². The van der Waals surface area contributed by atoms with Crippen LogP contribution in [0.15, 0.2) is 53.5 Å². The number of fused-ring (bicyclic) bond motifs is 1. The second-order valence-electron chi connectivity index (χ2n) is 8.32. The molecule has 0 aliphatic rings. The number of carbonyl (C=O) groups is 1. The summed E-state index contributed by atoms with van der Waals surface area (Å²) in [6.07, 6.45) is 1.45. The van der Waals surface area contributed by atoms with Gasteiger partial charge in [-0.25, -0.2) is 8.78 Å². The summed E-state index contributed by atoms with van der Waals surface area (Å²) >= 11 is 1.39. The Labute approximate surface area is 189 Å². The number of hydrogen-bond donors (Lipinski definition) is 0. The molecule has 3 nitrogen and oxygen atoms in total. The zero-order valence-electron chi connectivity index (χ0n) is 18.3. The number of halogens is 2. The van der Waals surface area contributed by atoms with Crippen LogP contribution in [0.2, 0.25) is 0 Å². The molecule has 0 saturated carbocycles. The van der Waals surface area contributed by atoms with E-state index in [0.717, 1.165) is 21.6 Å². The van der Waals surface area contributed by atoms with Crippen molar-refractivity contribution in [2.45, 2.75) is 34.2 Å². The Morgan fingerprint density at radius 1 is 1.03 bits per heavy atom. The standard InChI is InChI=1S/C26H23F2NO2S/c1-14(2)23(30)19-13-29(12-18-20(27)6-5-7-21(18)28)26-22(24(19)31)16(4)25(32-26)17-10-8-15(3)9-11-17/h5-11,13-14H,12H2,1-4H3. The maximum absolute atomic E-state index is 14.4. The third-order valence-electron chi connectivity index (χ3n) is 5.64. The van der Waals surface area contributed by atoms with Crippen molar-refractivity contribution >= 4 is 27.3 Å². The molecule has 164 valence electrons. The van der Waals surface area contributed by atoms with Gasteiger partial charge in [0.15, 0.2) is 5.78 Å². The predicted molar refractivity (Wildman–Crippen MR) is 126 cm³/mol. The number of thiophene rings is 1. The fraction of sp³-hybridized carbons (Fsp3) is 0.231. The molecule has 0 aliphatic heterocycles. The highest BCUT2D eigenvalue weighted by molar-refractivity contribution is 7.22. The molecule has 0 aliphatic carbocycles. The van der Waals surface area contributed by atoms with E-state index in [0.29, 0.717) is 10.2 Å². The number of hydrogen-bond acceptors (Lipinski definition) is 3. The molecule has 6 heteroatoms. The third kappa shape index (κ3) is 3.79. The minimum Gasteiger partial charge on any atom is -0.334 e. The summed E-state index contributed by atoms with van der Waals surface area (Å²) < 4.78 is 30.5. The van der Waals surface area contributed by atoms with Crippen LogP contribution in [0, 0.1) is 31.4 Å². The first kappa shape index (κ1) is 22.1. The van der Waals surface area contributed by atoms with Gasteiger partial charge in [-0.05, 0) is 37.1 Å². The van der Waals surface area contributed by atoms with Crippen molar-refractivity contribution in [3.8, 4) is 10.4 Å². The van der Waals surface area contributed by atoms with Gasteiger partial charge in [0.2, 0.25) is 5.43 Å². The Kier molecular flexibility index (Phi) is 5.82. The zero-order chi connectivity index (χ0) is 23.2. The van der Waals surface area contributed by atoms with E-state index in [4.69, 9.17) is 0 Å². The van der Waals surface area contributed by atoms with Crippen LogP contribution in [0.4, 0.5) is 8.78 Å². The molecule has 0 bridgehead atoms. The lowest BCUT2D eigenvalue weighted by atomic mass is 9.99. The smallest absolute Gasteiger partial charge is 0.201 e. The Bertz CT molecular complexity index is 1380. The second kappa shape index (κ2) is 8.43. The van der Waals surface area contributed by atoms with Crippen LogP contribution < -0.4 is 5.43 Å². The topological polar surface area (TPSA) is 39.1 Å². The summed E-state index contributed by atoms with van der Waals surface area (Å²) in [5.41, 5.74) is 2.43. The first-order chi connectivity index (χ1) is 15.2. The van der Waals surface area contributed by atoms with Crippen LogP contribution in [0.25, 0.3) is 20.7 Å². The normalized spacial score (nSPS) is 11.5. The number of carbonyl (C=O) groups excluding carboxylic acids is 1. The van der Waals surface area contributed by atoms with Gasteiger partial charge in [0.25, 0.3) is 0 Å². The molecule has 2 heterocycles. The third-order valence-corrected chi connectivity index (χ3v) is 7.02. The summed E-state index contributed by atoms with van der Waals surface area (Å²) in [5, 5.41) is 0.425. The van der Waals surface area contributed by atoms with Gasteiger partial charge in [-0.15, -0.1) is 11.3 Å². The van der Waals surface area contributed by atoms with E-state index < -0.39 is 11.6 Å². The summed E-state index contributed by atoms with van der Waals surface area (Å²) in [6, 6.07) is 11.7. The Balaban J connectivity index is 2.02. The quantitative estimate of drug-likeness (QED) is 0.324. The average Bonchev–Trinajstić information content (AvgIpc) is 3.10. The Hall–Kier alpha value is -3.12. The van der Waals surface area contributed by atoms with Crippen molar-refractivity contribution in [1.29, 1.82) is 0 Å². The van der Waals surface area contributed by atoms with Gasteiger partial charge >= 0.3 is 0 Å². The summed E-state index contributed by atoms with van der Waals surface area (Å²) in [6.45, 7) is 7.18. The molecule has 0 amide bonds. The van der Waals surface area contributed by atoms with E-state index in [-0.39, 0.29) is 34.8 Å². The lowest BCUT2D eigenvalue weighted by Crippen LogP contribution is -2.22. The van der Waals surface area contributed by atoms with Gasteiger partial charge in [-0.1, -0.05) is 49.7 Å². The van der Waals surface area contributed by atoms with Crippen molar-refractivity contribution in [1.82, 2.24) is 4.57 Å². The number of ketones is 1. The number of Topliss-reactive ketones (excluding diaryl/α,β-unsaturated/α-hetero) is 1. The minimum absolute atomic E-state index is 0.0422. The molecular weight excluding hydrogens is 428 g/mol. The van der Waals surface area contributed by atoms with Crippen LogP contribution in [-0.2, 0) is 6.54 Å². The number of pyridine rings is 1. The van der Waals surface area contributed by atoms with E-state index in [1.807, 2.05) is 38.1 Å². The molecule has 4 rings (SSSR count). The molecule has 0 unspecified atom stereocenters. The maximum Gasteiger partial charge on any atom is 0.201 e. The van der Waals surface area contributed by atoms with Crippen molar-refractivity contribution in [2.24, 2.45) is 5.92 Å². The largest absolute Gasteiger partial charge is 0.334 e. The number of benzene rings is 2. The maximum atomic E-state index is 14.4. The van der Waals surface area contributed by atoms with Crippen LogP contribution in [-0.4, -0.2) is 10.4 Å². The molecule has 0 saturated heterocycles. The molecule has 2 aromatic carbocycles. The Morgan fingerprint density at radius 2 is 1.66 bits per heavy atom. The van der Waals surface area contributed by atoms with Crippen LogP contribution >= 0.6 is 11.3 Å². The molecule has 32 heavy (non-hydrogen) atoms. The van der Waals surface area contributed by atoms with E-state index in [9.17, 15) is 18.4 Å². The van der Waals surface area contributed by atoms with Gasteiger partial charge in [0, 0.05) is 22.6 Å². The zero-order valence-corrected chi connectivity index (χ0v) is 19.1. The molecule has 2 aromatic heterocycles. The molecule has 0 fully saturated rings. The van der Waals surface area contributed by atoms with Crippen molar-refractivity contribution in [3.05, 3.63) is 92.8 Å². The van der Waals surface area contributed by atoms with Gasteiger partial charge in [0.05, 0.1) is 17.5 Å². The Morgan fingerprint density at radius 3 is 2.25 bits per heavy atom. The monoisotopic (exact) mass is 451 g/mol.